The molecule has 0 radical (unpaired) electrons. The fourth-order valence-corrected chi connectivity index (χ4v) is 7.39. The van der Waals surface area contributed by atoms with Gasteiger partial charge in [-0.2, -0.15) is 0 Å². The number of aromatic nitrogens is 1. The van der Waals surface area contributed by atoms with Gasteiger partial charge in [-0.05, 0) is 93.0 Å². The molecule has 3 rings (SSSR count). The molecular weight excluding hydrogens is 839 g/mol. The maximum absolute atomic E-state index is 14.2. The molecule has 2 aromatic rings. The van der Waals surface area contributed by atoms with Crippen molar-refractivity contribution in [3.8, 4) is 5.75 Å². The number of pyridine rings is 1. The SMILES string of the molecule is CCNC(=O)[C@@H]1CCCN1C(=O)[C@H](CCCN=C(N)N)NC(=O)[C@H](CC(C)C)NC(=O)[C@@H](CC(C)C)NC(=O)[C@H](Cc1ccc(O)cc1)NC(=O)[C@H](CO)NC(=O)CCc1cccnc1. The van der Waals surface area contributed by atoms with Crippen molar-refractivity contribution in [3.05, 3.63) is 59.9 Å². The molecule has 7 amide bonds. The second-order valence-electron chi connectivity index (χ2n) is 17.1. The maximum atomic E-state index is 14.2. The molecule has 12 N–H and O–H groups in total. The van der Waals surface area contributed by atoms with E-state index in [4.69, 9.17) is 11.5 Å². The van der Waals surface area contributed by atoms with Crippen LogP contribution in [0.4, 0.5) is 0 Å². The van der Waals surface area contributed by atoms with Gasteiger partial charge in [-0.15, -0.1) is 0 Å². The summed E-state index contributed by atoms with van der Waals surface area (Å²) in [6, 6.07) is 2.59. The second kappa shape index (κ2) is 27.1. The van der Waals surface area contributed by atoms with Crippen LogP contribution in [0.2, 0.25) is 0 Å². The van der Waals surface area contributed by atoms with Crippen LogP contribution in [0.5, 0.6) is 5.75 Å². The topological polar surface area (TPSA) is 313 Å². The zero-order valence-electron chi connectivity index (χ0n) is 38.2. The number of likely N-dealkylation sites (tertiary alicyclic amines) is 1. The van der Waals surface area contributed by atoms with Crippen molar-refractivity contribution in [1.82, 2.24) is 41.8 Å². The first-order valence-corrected chi connectivity index (χ1v) is 22.3. The Morgan fingerprint density at radius 2 is 1.38 bits per heavy atom. The minimum atomic E-state index is -1.41. The summed E-state index contributed by atoms with van der Waals surface area (Å²) in [7, 11) is 0. The van der Waals surface area contributed by atoms with Crippen LogP contribution in [0.3, 0.4) is 0 Å². The minimum Gasteiger partial charge on any atom is -0.508 e. The normalized spacial score (nSPS) is 15.8. The lowest BCUT2D eigenvalue weighted by Crippen LogP contribution is -2.60. The summed E-state index contributed by atoms with van der Waals surface area (Å²) in [5, 5.41) is 36.3. The first kappa shape index (κ1) is 53.0. The number of hydrogen-bond acceptors (Lipinski definition) is 11. The molecule has 2 heterocycles. The number of likely N-dealkylation sites (N-methyl/N-ethyl adjacent to an activating group) is 1. The van der Waals surface area contributed by atoms with E-state index < -0.39 is 78.3 Å². The quantitative estimate of drug-likeness (QED) is 0.0329. The van der Waals surface area contributed by atoms with Crippen molar-refractivity contribution in [2.45, 2.75) is 129 Å². The molecule has 1 aromatic heterocycles. The van der Waals surface area contributed by atoms with E-state index in [1.807, 2.05) is 27.7 Å². The number of aliphatic imine (C=N–C) groups is 1. The van der Waals surface area contributed by atoms with Crippen molar-refractivity contribution in [2.75, 3.05) is 26.2 Å². The van der Waals surface area contributed by atoms with Gasteiger partial charge in [-0.25, -0.2) is 0 Å². The van der Waals surface area contributed by atoms with Gasteiger partial charge in [-0.3, -0.25) is 43.5 Å². The molecule has 1 aliphatic heterocycles. The van der Waals surface area contributed by atoms with Crippen LogP contribution in [0.25, 0.3) is 0 Å². The first-order chi connectivity index (χ1) is 30.9. The number of aliphatic hydroxyl groups is 1. The standard InChI is InChI=1S/C45H69N11O9/c1-6-49-43(64)37-12-9-21-56(37)44(65)32(11-8-20-50-45(46)47)52-39(60)33(22-27(2)3)53-40(61)34(23-28(4)5)54-41(62)35(24-29-13-16-31(58)17-14-29)55-42(63)36(26-57)51-38(59)18-15-30-10-7-19-48-25-30/h7,10,13-14,16-17,19,25,27-28,32-37,57-58H,6,8-9,11-12,15,18,20-24,26H2,1-5H3,(H,49,64)(H,51,59)(H,52,60)(H,53,61)(H,54,62)(H,55,63)(H4,46,47,50)/t32-,33-,34+,35-,36-,37-/m0/s1. The number of nitrogens with zero attached hydrogens (tertiary/aromatic N) is 3. The number of nitrogens with two attached hydrogens (primary N) is 2. The fraction of sp³-hybridized carbons (Fsp3) is 0.578. The van der Waals surface area contributed by atoms with Crippen molar-refractivity contribution >= 4 is 47.3 Å². The van der Waals surface area contributed by atoms with Crippen LogP contribution in [-0.2, 0) is 46.4 Å². The van der Waals surface area contributed by atoms with Crippen LogP contribution in [0.1, 0.15) is 90.7 Å². The number of aromatic hydroxyl groups is 1. The Morgan fingerprint density at radius 1 is 0.800 bits per heavy atom. The molecule has 65 heavy (non-hydrogen) atoms. The van der Waals surface area contributed by atoms with E-state index in [1.165, 1.54) is 17.0 Å². The molecule has 358 valence electrons. The number of amides is 7. The molecule has 1 fully saturated rings. The predicted molar refractivity (Wildman–Crippen MR) is 243 cm³/mol. The molecule has 0 unspecified atom stereocenters. The number of phenols is 1. The number of hydrogen-bond donors (Lipinski definition) is 10. The zero-order chi connectivity index (χ0) is 48.1. The van der Waals surface area contributed by atoms with Gasteiger partial charge in [0.1, 0.15) is 42.0 Å². The molecule has 1 saturated heterocycles. The van der Waals surface area contributed by atoms with Crippen molar-refractivity contribution < 1.29 is 43.8 Å². The molecule has 6 atom stereocenters. The average Bonchev–Trinajstić information content (AvgIpc) is 3.76. The van der Waals surface area contributed by atoms with E-state index in [1.54, 1.807) is 43.6 Å². The largest absolute Gasteiger partial charge is 0.508 e. The number of benzene rings is 1. The maximum Gasteiger partial charge on any atom is 0.245 e. The summed E-state index contributed by atoms with van der Waals surface area (Å²) in [5.74, 6) is -4.62. The number of carbonyl (C=O) groups is 7. The van der Waals surface area contributed by atoms with E-state index >= 15 is 0 Å². The molecular formula is C45H69N11O9. The lowest BCUT2D eigenvalue weighted by atomic mass is 9.98. The minimum absolute atomic E-state index is 0.00177. The summed E-state index contributed by atoms with van der Waals surface area (Å²) < 4.78 is 0. The van der Waals surface area contributed by atoms with E-state index in [0.717, 1.165) is 5.56 Å². The van der Waals surface area contributed by atoms with Gasteiger partial charge >= 0.3 is 0 Å². The lowest BCUT2D eigenvalue weighted by molar-refractivity contribution is -0.142. The predicted octanol–water partition coefficient (Wildman–Crippen LogP) is -0.348. The van der Waals surface area contributed by atoms with E-state index in [2.05, 4.69) is 41.9 Å². The molecule has 0 saturated carbocycles. The molecule has 1 aliphatic rings. The third-order valence-corrected chi connectivity index (χ3v) is 10.6. The Kier molecular flexibility index (Phi) is 22.1. The van der Waals surface area contributed by atoms with Gasteiger partial charge in [-0.1, -0.05) is 45.9 Å². The Labute approximate surface area is 380 Å². The van der Waals surface area contributed by atoms with Gasteiger partial charge in [0, 0.05) is 44.9 Å². The highest BCUT2D eigenvalue weighted by Gasteiger charge is 2.39. The van der Waals surface area contributed by atoms with Crippen molar-refractivity contribution in [3.63, 3.8) is 0 Å². The summed E-state index contributed by atoms with van der Waals surface area (Å²) >= 11 is 0. The average molecular weight is 908 g/mol. The molecule has 20 nitrogen and oxygen atoms in total. The Balaban J connectivity index is 1.84. The van der Waals surface area contributed by atoms with E-state index in [0.29, 0.717) is 44.3 Å². The summed E-state index contributed by atoms with van der Waals surface area (Å²) in [4.78, 5) is 105. The number of aryl methyl sites for hydroxylation is 1. The molecule has 1 aromatic carbocycles. The monoisotopic (exact) mass is 908 g/mol. The van der Waals surface area contributed by atoms with Gasteiger partial charge in [0.15, 0.2) is 5.96 Å². The molecule has 0 aliphatic carbocycles. The number of rotatable bonds is 26. The number of carbonyl (C=O) groups excluding carboxylic acids is 7. The van der Waals surface area contributed by atoms with Crippen LogP contribution < -0.4 is 43.4 Å². The van der Waals surface area contributed by atoms with Crippen LogP contribution >= 0.6 is 0 Å². The zero-order valence-corrected chi connectivity index (χ0v) is 38.2. The smallest absolute Gasteiger partial charge is 0.245 e. The van der Waals surface area contributed by atoms with Gasteiger partial charge in [0.25, 0.3) is 0 Å². The van der Waals surface area contributed by atoms with Crippen LogP contribution in [0, 0.1) is 11.8 Å². The third-order valence-electron chi connectivity index (χ3n) is 10.6. The molecule has 0 bridgehead atoms. The highest BCUT2D eigenvalue weighted by Crippen LogP contribution is 2.21. The fourth-order valence-electron chi connectivity index (χ4n) is 7.39. The van der Waals surface area contributed by atoms with Gasteiger partial charge in [0.2, 0.25) is 41.4 Å². The van der Waals surface area contributed by atoms with Crippen LogP contribution in [0.15, 0.2) is 53.8 Å². The Hall–Kier alpha value is -6.31. The highest BCUT2D eigenvalue weighted by atomic mass is 16.3. The summed E-state index contributed by atoms with van der Waals surface area (Å²) in [6.45, 7) is 9.30. The lowest BCUT2D eigenvalue weighted by Gasteiger charge is -2.31. The molecule has 0 spiro atoms. The molecule has 20 heteroatoms. The number of aliphatic hydroxyl groups excluding tert-OH is 1. The van der Waals surface area contributed by atoms with Crippen molar-refractivity contribution in [1.29, 1.82) is 0 Å². The van der Waals surface area contributed by atoms with Crippen LogP contribution in [-0.4, -0.2) is 130 Å². The van der Waals surface area contributed by atoms with E-state index in [-0.39, 0.29) is 68.1 Å². The number of guanidine groups is 1. The summed E-state index contributed by atoms with van der Waals surface area (Å²) in [5.41, 5.74) is 12.3. The summed E-state index contributed by atoms with van der Waals surface area (Å²) in [6.07, 6.45) is 5.26. The Morgan fingerprint density at radius 3 is 1.94 bits per heavy atom. The Bertz CT molecular complexity index is 1910. The highest BCUT2D eigenvalue weighted by molar-refractivity contribution is 5.97. The van der Waals surface area contributed by atoms with E-state index in [9.17, 15) is 43.8 Å². The van der Waals surface area contributed by atoms with Gasteiger partial charge in [0.05, 0.1) is 6.61 Å². The first-order valence-electron chi connectivity index (χ1n) is 22.3. The second-order valence-corrected chi connectivity index (χ2v) is 17.1. The van der Waals surface area contributed by atoms with Crippen molar-refractivity contribution in [2.24, 2.45) is 28.3 Å². The number of nitrogens with one attached hydrogen (secondary N) is 6. The number of phenolic OH excluding ortho intramolecular Hbond substituents is 1. The van der Waals surface area contributed by atoms with Gasteiger partial charge < -0.3 is 58.5 Å². The third kappa shape index (κ3) is 18.4.